The summed E-state index contributed by atoms with van der Waals surface area (Å²) in [5, 5.41) is 12.5. The third-order valence-corrected chi connectivity index (χ3v) is 7.83. The molecule has 0 spiro atoms. The van der Waals surface area contributed by atoms with Gasteiger partial charge in [-0.25, -0.2) is 9.78 Å². The van der Waals surface area contributed by atoms with Crippen molar-refractivity contribution in [2.45, 2.75) is 51.7 Å². The molecule has 1 aromatic heterocycles. The number of hydrogen-bond acceptors (Lipinski definition) is 9. The number of aromatic nitrogens is 1. The minimum absolute atomic E-state index is 0.0473. The fourth-order valence-electron chi connectivity index (χ4n) is 5.42. The zero-order valence-corrected chi connectivity index (χ0v) is 25.7. The third kappa shape index (κ3) is 9.03. The van der Waals surface area contributed by atoms with E-state index in [0.29, 0.717) is 30.6 Å². The summed E-state index contributed by atoms with van der Waals surface area (Å²) in [4.78, 5) is 72.4. The van der Waals surface area contributed by atoms with Crippen molar-refractivity contribution in [3.63, 3.8) is 0 Å². The second-order valence-electron chi connectivity index (χ2n) is 10.8. The predicted octanol–water partition coefficient (Wildman–Crippen LogP) is 1.91. The molecule has 4 amide bonds. The van der Waals surface area contributed by atoms with Crippen LogP contribution in [0.4, 0.5) is 4.79 Å². The second-order valence-corrected chi connectivity index (χ2v) is 10.8. The van der Waals surface area contributed by atoms with E-state index in [-0.39, 0.29) is 75.7 Å². The number of rotatable bonds is 12. The maximum Gasteiger partial charge on any atom is 0.409 e. The molecule has 2 aliphatic rings. The molecule has 4 rings (SSSR count). The van der Waals surface area contributed by atoms with Gasteiger partial charge in [0.05, 0.1) is 18.2 Å². The Bertz CT molecular complexity index is 1370. The van der Waals surface area contributed by atoms with E-state index in [1.807, 2.05) is 6.92 Å². The molecular formula is C31H41N5O9. The number of carboxylic acids is 1. The van der Waals surface area contributed by atoms with Crippen LogP contribution in [-0.2, 0) is 23.9 Å². The molecule has 14 nitrogen and oxygen atoms in total. The third-order valence-electron chi connectivity index (χ3n) is 7.83. The normalized spacial score (nSPS) is 16.3. The molecule has 2 aliphatic heterocycles. The molecule has 45 heavy (non-hydrogen) atoms. The van der Waals surface area contributed by atoms with Crippen LogP contribution < -0.4 is 10.1 Å². The SMILES string of the molecule is CCOC(=O)N1CCN(C(=O)[C@H](CCC(=O)O)NC(=O)c2cc(OCC(=O)N3CCC(OCC)CC3)c3ccccc3n2)CC1. The number of piperazine rings is 1. The number of nitrogens with zero attached hydrogens (tertiary/aromatic N) is 4. The van der Waals surface area contributed by atoms with Gasteiger partial charge in [0, 0.05) is 63.7 Å². The molecule has 3 heterocycles. The Hall–Kier alpha value is -4.46. The van der Waals surface area contributed by atoms with Gasteiger partial charge >= 0.3 is 12.1 Å². The van der Waals surface area contributed by atoms with Gasteiger partial charge in [0.15, 0.2) is 6.61 Å². The Morgan fingerprint density at radius 3 is 2.31 bits per heavy atom. The van der Waals surface area contributed by atoms with Crippen molar-refractivity contribution in [1.29, 1.82) is 0 Å². The summed E-state index contributed by atoms with van der Waals surface area (Å²) in [7, 11) is 0. The zero-order chi connectivity index (χ0) is 32.3. The number of benzene rings is 1. The number of hydrogen-bond donors (Lipinski definition) is 2. The summed E-state index contributed by atoms with van der Waals surface area (Å²) in [6, 6.07) is 7.30. The lowest BCUT2D eigenvalue weighted by Crippen LogP contribution is -2.56. The van der Waals surface area contributed by atoms with Crippen molar-refractivity contribution in [3.8, 4) is 5.75 Å². The molecular weight excluding hydrogens is 586 g/mol. The van der Waals surface area contributed by atoms with Gasteiger partial charge in [-0.15, -0.1) is 0 Å². The van der Waals surface area contributed by atoms with Crippen molar-refractivity contribution >= 4 is 40.7 Å². The summed E-state index contributed by atoms with van der Waals surface area (Å²) < 4.78 is 16.6. The zero-order valence-electron chi connectivity index (χ0n) is 25.7. The van der Waals surface area contributed by atoms with Crippen LogP contribution in [0.3, 0.4) is 0 Å². The quantitative estimate of drug-likeness (QED) is 0.355. The van der Waals surface area contributed by atoms with Crippen LogP contribution in [0, 0.1) is 0 Å². The highest BCUT2D eigenvalue weighted by Crippen LogP contribution is 2.26. The Labute approximate surface area is 261 Å². The summed E-state index contributed by atoms with van der Waals surface area (Å²) in [6.45, 7) is 6.36. The van der Waals surface area contributed by atoms with Gasteiger partial charge in [-0.05, 0) is 45.2 Å². The van der Waals surface area contributed by atoms with Crippen molar-refractivity contribution in [2.75, 3.05) is 59.1 Å². The monoisotopic (exact) mass is 627 g/mol. The number of carboxylic acid groups (broad SMARTS) is 1. The number of fused-ring (bicyclic) bond motifs is 1. The minimum Gasteiger partial charge on any atom is -0.483 e. The Kier molecular flexibility index (Phi) is 11.9. The van der Waals surface area contributed by atoms with Gasteiger partial charge in [0.2, 0.25) is 5.91 Å². The first kappa shape index (κ1) is 33.4. The maximum absolute atomic E-state index is 13.5. The minimum atomic E-state index is -1.14. The van der Waals surface area contributed by atoms with Gasteiger partial charge in [0.1, 0.15) is 17.5 Å². The number of piperidine rings is 1. The van der Waals surface area contributed by atoms with Gasteiger partial charge in [-0.1, -0.05) is 12.1 Å². The number of aliphatic carboxylic acids is 1. The standard InChI is InChI=1S/C31H41N5O9/c1-3-43-21-11-13-34(14-12-21)27(37)20-45-26-19-25(32-23-8-6-5-7-22(23)26)29(40)33-24(9-10-28(38)39)30(41)35-15-17-36(18-16-35)31(42)44-4-2/h5-8,19,21,24H,3-4,9-18,20H2,1-2H3,(H,33,40)(H,38,39)/t24-/m0/s1. The van der Waals surface area contributed by atoms with Crippen molar-refractivity contribution in [1.82, 2.24) is 25.0 Å². The number of nitrogens with one attached hydrogen (secondary N) is 1. The van der Waals surface area contributed by atoms with E-state index in [4.69, 9.17) is 14.2 Å². The van der Waals surface area contributed by atoms with Crippen LogP contribution in [0.15, 0.2) is 30.3 Å². The molecule has 1 atom stereocenters. The second kappa shape index (κ2) is 16.0. The lowest BCUT2D eigenvalue weighted by molar-refractivity contribution is -0.138. The first-order valence-corrected chi connectivity index (χ1v) is 15.3. The summed E-state index contributed by atoms with van der Waals surface area (Å²) >= 11 is 0. The number of amides is 4. The average Bonchev–Trinajstić information content (AvgIpc) is 3.05. The first-order chi connectivity index (χ1) is 21.7. The molecule has 0 bridgehead atoms. The van der Waals surface area contributed by atoms with Gasteiger partial charge in [0.25, 0.3) is 11.8 Å². The van der Waals surface area contributed by atoms with Crippen molar-refractivity contribution in [2.24, 2.45) is 0 Å². The molecule has 2 N–H and O–H groups in total. The average molecular weight is 628 g/mol. The smallest absolute Gasteiger partial charge is 0.409 e. The molecule has 2 aromatic rings. The van der Waals surface area contributed by atoms with Gasteiger partial charge in [-0.2, -0.15) is 0 Å². The number of ether oxygens (including phenoxy) is 3. The summed E-state index contributed by atoms with van der Waals surface area (Å²) in [6.07, 6.45) is 0.710. The highest BCUT2D eigenvalue weighted by Gasteiger charge is 2.31. The van der Waals surface area contributed by atoms with E-state index in [2.05, 4.69) is 10.3 Å². The number of pyridine rings is 1. The van der Waals surface area contributed by atoms with E-state index < -0.39 is 29.9 Å². The fourth-order valence-corrected chi connectivity index (χ4v) is 5.42. The largest absolute Gasteiger partial charge is 0.483 e. The van der Waals surface area contributed by atoms with Gasteiger partial charge in [-0.3, -0.25) is 19.2 Å². The molecule has 0 radical (unpaired) electrons. The van der Waals surface area contributed by atoms with Crippen molar-refractivity contribution in [3.05, 3.63) is 36.0 Å². The lowest BCUT2D eigenvalue weighted by Gasteiger charge is -2.35. The highest BCUT2D eigenvalue weighted by molar-refractivity contribution is 5.99. The van der Waals surface area contributed by atoms with Crippen molar-refractivity contribution < 1.29 is 43.3 Å². The molecule has 0 aliphatic carbocycles. The van der Waals surface area contributed by atoms with Crippen LogP contribution in [0.5, 0.6) is 5.75 Å². The van der Waals surface area contributed by atoms with E-state index >= 15 is 0 Å². The predicted molar refractivity (Wildman–Crippen MR) is 162 cm³/mol. The molecule has 1 aromatic carbocycles. The Morgan fingerprint density at radius 1 is 0.956 bits per heavy atom. The highest BCUT2D eigenvalue weighted by atomic mass is 16.6. The molecule has 14 heteroatoms. The van der Waals surface area contributed by atoms with Crippen LogP contribution in [0.2, 0.25) is 0 Å². The molecule has 2 saturated heterocycles. The van der Waals surface area contributed by atoms with E-state index in [0.717, 1.165) is 12.8 Å². The number of carbonyl (C=O) groups is 5. The topological polar surface area (TPSA) is 168 Å². The van der Waals surface area contributed by atoms with Crippen LogP contribution >= 0.6 is 0 Å². The summed E-state index contributed by atoms with van der Waals surface area (Å²) in [5.41, 5.74) is 0.405. The van der Waals surface area contributed by atoms with Crippen LogP contribution in [0.1, 0.15) is 50.0 Å². The molecule has 0 unspecified atom stereocenters. The molecule has 2 fully saturated rings. The summed E-state index contributed by atoms with van der Waals surface area (Å²) in [5.74, 6) is -2.15. The van der Waals surface area contributed by atoms with Gasteiger partial charge < -0.3 is 39.3 Å². The molecule has 0 saturated carbocycles. The first-order valence-electron chi connectivity index (χ1n) is 15.3. The fraction of sp³-hybridized carbons (Fsp3) is 0.548. The van der Waals surface area contributed by atoms with E-state index in [1.54, 1.807) is 36.1 Å². The lowest BCUT2D eigenvalue weighted by atomic mass is 10.1. The van der Waals surface area contributed by atoms with E-state index in [1.165, 1.54) is 15.9 Å². The number of carbonyl (C=O) groups excluding carboxylic acids is 4. The van der Waals surface area contributed by atoms with Crippen LogP contribution in [-0.4, -0.2) is 126 Å². The number of likely N-dealkylation sites (tertiary alicyclic amines) is 1. The molecule has 244 valence electrons. The van der Waals surface area contributed by atoms with E-state index in [9.17, 15) is 29.1 Å². The van der Waals surface area contributed by atoms with Crippen LogP contribution in [0.25, 0.3) is 10.9 Å². The maximum atomic E-state index is 13.5. The Balaban J connectivity index is 1.45. The number of para-hydroxylation sites is 1. The Morgan fingerprint density at radius 2 is 1.64 bits per heavy atom.